The first-order valence-corrected chi connectivity index (χ1v) is 27.9. The predicted octanol–water partition coefficient (Wildman–Crippen LogP) is -8.18. The number of ether oxygens (including phenoxy) is 2. The number of carbonyl (C=O) groups is 10. The lowest BCUT2D eigenvalue weighted by atomic mass is 9.95. The molecule has 1 aromatic rings. The number of hydrogen-bond donors (Lipinski definition) is 21. The van der Waals surface area contributed by atoms with Gasteiger partial charge in [0.1, 0.15) is 60.4 Å². The number of nitrogens with one attached hydrogen (secondary N) is 8. The molecule has 3 rings (SSSR count). The SMILES string of the molecule is CCCCCCCCC[C@H](N)C[C@@H](O)C[C@@H](C[C@H]1CC(=O)N[C@H](CO)C(=O)N[C@H]([C@@H](O)c2ccc(O)cc2)C(=O)N[C@@H](CC(=O)O)C(=O)N[C@H](CO)C(=O)NCC(=O)NCC[C@H](N)C(=O)N[C@@H]([C@@H](O)C(N)=O)C(=O)N1)O[C@@H]1OC[C@@H](O)[C@H](O)[C@H]1O. The van der Waals surface area contributed by atoms with E-state index in [-0.39, 0.29) is 17.7 Å². The first-order valence-electron chi connectivity index (χ1n) is 27.9. The number of aliphatic carboxylic acids is 1. The van der Waals surface area contributed by atoms with E-state index in [4.69, 9.17) is 26.7 Å². The van der Waals surface area contributed by atoms with Crippen molar-refractivity contribution in [3.05, 3.63) is 29.8 Å². The Balaban J connectivity index is 2.14. The highest BCUT2D eigenvalue weighted by Gasteiger charge is 2.42. The van der Waals surface area contributed by atoms with Gasteiger partial charge in [-0.2, -0.15) is 0 Å². The van der Waals surface area contributed by atoms with Crippen LogP contribution in [-0.2, 0) is 57.4 Å². The van der Waals surface area contributed by atoms with Crippen molar-refractivity contribution in [1.82, 2.24) is 42.5 Å². The fourth-order valence-corrected chi connectivity index (χ4v) is 9.08. The maximum absolute atomic E-state index is 14.3. The molecule has 2 heterocycles. The number of aromatic hydroxyl groups is 1. The van der Waals surface area contributed by atoms with Crippen molar-refractivity contribution in [1.29, 1.82) is 0 Å². The number of primary amides is 1. The van der Waals surface area contributed by atoms with E-state index in [9.17, 15) is 99.0 Å². The Labute approximate surface area is 488 Å². The molecular weight excluding hydrogens is 1130 g/mol. The predicted molar refractivity (Wildman–Crippen MR) is 293 cm³/mol. The number of carboxylic acids is 1. The Hall–Kier alpha value is -6.76. The highest BCUT2D eigenvalue weighted by Crippen LogP contribution is 2.25. The van der Waals surface area contributed by atoms with Crippen molar-refractivity contribution in [2.45, 2.75) is 194 Å². The average Bonchev–Trinajstić information content (AvgIpc) is 3.58. The zero-order valence-electron chi connectivity index (χ0n) is 47.1. The van der Waals surface area contributed by atoms with Crippen LogP contribution >= 0.6 is 0 Å². The van der Waals surface area contributed by atoms with Gasteiger partial charge in [-0.15, -0.1) is 0 Å². The fraction of sp³-hybridized carbons (Fsp3) is 0.692. The van der Waals surface area contributed by atoms with Crippen LogP contribution in [0.25, 0.3) is 0 Å². The van der Waals surface area contributed by atoms with E-state index in [0.29, 0.717) is 6.42 Å². The third-order valence-electron chi connectivity index (χ3n) is 13.9. The summed E-state index contributed by atoms with van der Waals surface area (Å²) in [7, 11) is 0. The summed E-state index contributed by atoms with van der Waals surface area (Å²) in [6.45, 7) is -2.15. The normalized spacial score (nSPS) is 27.8. The Kier molecular flexibility index (Phi) is 31.5. The summed E-state index contributed by atoms with van der Waals surface area (Å²) in [5.74, 6) is -14.0. The van der Waals surface area contributed by atoms with Gasteiger partial charge in [-0.3, -0.25) is 47.9 Å². The second-order valence-electron chi connectivity index (χ2n) is 21.0. The molecule has 0 aromatic heterocycles. The van der Waals surface area contributed by atoms with E-state index < -0.39 is 222 Å². The Bertz CT molecular complexity index is 2360. The molecule has 0 aliphatic carbocycles. The molecule has 2 fully saturated rings. The second-order valence-corrected chi connectivity index (χ2v) is 21.0. The number of rotatable bonds is 24. The van der Waals surface area contributed by atoms with Gasteiger partial charge in [-0.25, -0.2) is 0 Å². The number of unbranched alkanes of at least 4 members (excludes halogenated alkanes) is 6. The minimum Gasteiger partial charge on any atom is -0.508 e. The number of aliphatic hydroxyl groups is 8. The monoisotopic (exact) mass is 1220 g/mol. The number of nitrogens with two attached hydrogens (primary N) is 3. The third-order valence-corrected chi connectivity index (χ3v) is 13.9. The Morgan fingerprint density at radius 1 is 0.706 bits per heavy atom. The van der Waals surface area contributed by atoms with Gasteiger partial charge >= 0.3 is 5.97 Å². The molecule has 24 N–H and O–H groups in total. The standard InChI is InChI=1S/C52H85N11O22/c1-2-3-4-5-6-7-8-9-26(53)16-29(67)19-30(85-52-44(76)42(74)35(68)24-84-52)17-27-18-36(69)59-34(23-65)49(81)63-39(41(73)25-10-12-28(66)13-11-25)51(83)60-32(20-38(71)72)48(80)61-33(22-64)47(79)57-21-37(70)56-15-14-31(54)46(78)62-40(50(82)58-27)43(75)45(55)77/h10-13,26-27,29-35,39-44,52,64-68,73-76H,2-9,14-24,53-54H2,1H3,(H2,55,77)(H,56,70)(H,57,79)(H,58,82)(H,59,69)(H,60,83)(H,61,80)(H,62,78)(H,63,81)(H,71,72)/t26-,27-,29+,30+,31-,32-,33+,34+,35+,39+,40-,41-,42-,43+,44+,52-/m0/s1. The number of phenolic OH excluding ortho intramolecular Hbond substituents is 1. The molecule has 9 amide bonds. The number of benzene rings is 1. The van der Waals surface area contributed by atoms with Gasteiger partial charge in [0.25, 0.3) is 0 Å². The zero-order chi connectivity index (χ0) is 63.5. The molecule has 2 aliphatic heterocycles. The van der Waals surface area contributed by atoms with Gasteiger partial charge < -0.3 is 120 Å². The number of phenols is 1. The molecule has 0 unspecified atom stereocenters. The number of carbonyl (C=O) groups excluding carboxylic acids is 9. The van der Waals surface area contributed by atoms with Crippen LogP contribution in [0.4, 0.5) is 0 Å². The second kappa shape index (κ2) is 36.9. The van der Waals surface area contributed by atoms with Crippen molar-refractivity contribution in [3.8, 4) is 5.75 Å². The number of hydrogen-bond acceptors (Lipinski definition) is 23. The summed E-state index contributed by atoms with van der Waals surface area (Å²) in [4.78, 5) is 134. The van der Waals surface area contributed by atoms with E-state index in [2.05, 4.69) is 38.8 Å². The van der Waals surface area contributed by atoms with Crippen LogP contribution in [0.15, 0.2) is 24.3 Å². The van der Waals surface area contributed by atoms with E-state index in [1.165, 1.54) is 0 Å². The van der Waals surface area contributed by atoms with E-state index in [0.717, 1.165) is 69.2 Å². The van der Waals surface area contributed by atoms with E-state index in [1.54, 1.807) is 0 Å². The molecule has 33 heteroatoms. The first-order chi connectivity index (χ1) is 40.2. The van der Waals surface area contributed by atoms with Gasteiger partial charge in [0.15, 0.2) is 12.4 Å². The van der Waals surface area contributed by atoms with Crippen LogP contribution in [0.3, 0.4) is 0 Å². The molecular formula is C52H85N11O22. The maximum Gasteiger partial charge on any atom is 0.305 e. The van der Waals surface area contributed by atoms with Gasteiger partial charge in [-0.05, 0) is 49.8 Å². The molecule has 1 aromatic carbocycles. The van der Waals surface area contributed by atoms with E-state index in [1.807, 2.05) is 10.6 Å². The highest BCUT2D eigenvalue weighted by molar-refractivity contribution is 5.98. The number of amides is 9. The molecule has 85 heavy (non-hydrogen) atoms. The Morgan fingerprint density at radius 3 is 1.92 bits per heavy atom. The number of aliphatic hydroxyl groups excluding tert-OH is 8. The quantitative estimate of drug-likeness (QED) is 0.0428. The largest absolute Gasteiger partial charge is 0.508 e. The lowest BCUT2D eigenvalue weighted by molar-refractivity contribution is -0.285. The van der Waals surface area contributed by atoms with Gasteiger partial charge in [0.2, 0.25) is 53.2 Å². The van der Waals surface area contributed by atoms with Crippen LogP contribution in [0.2, 0.25) is 0 Å². The summed E-state index contributed by atoms with van der Waals surface area (Å²) in [6.07, 6.45) is -10.7. The molecule has 2 aliphatic rings. The maximum atomic E-state index is 14.3. The summed E-state index contributed by atoms with van der Waals surface area (Å²) >= 11 is 0. The topological polar surface area (TPSA) is 566 Å². The molecule has 2 saturated heterocycles. The van der Waals surface area contributed by atoms with Gasteiger partial charge in [-0.1, -0.05) is 64.0 Å². The first kappa shape index (κ1) is 72.5. The van der Waals surface area contributed by atoms with Crippen molar-refractivity contribution < 1.29 is 108 Å². The number of carboxylic acid groups (broad SMARTS) is 1. The third kappa shape index (κ3) is 25.0. The fourth-order valence-electron chi connectivity index (χ4n) is 9.08. The van der Waals surface area contributed by atoms with Gasteiger partial charge in [0, 0.05) is 25.0 Å². The lowest BCUT2D eigenvalue weighted by Crippen LogP contribution is -2.61. The van der Waals surface area contributed by atoms with Crippen LogP contribution < -0.4 is 59.7 Å². The van der Waals surface area contributed by atoms with Gasteiger partial charge in [0.05, 0.1) is 51.0 Å². The minimum atomic E-state index is -2.52. The molecule has 0 saturated carbocycles. The van der Waals surface area contributed by atoms with Crippen LogP contribution in [-0.4, -0.2) is 234 Å². The summed E-state index contributed by atoms with van der Waals surface area (Å²) in [5.41, 5.74) is 17.6. The minimum absolute atomic E-state index is 0.0344. The smallest absolute Gasteiger partial charge is 0.305 e. The van der Waals surface area contributed by atoms with Crippen molar-refractivity contribution in [2.24, 2.45) is 17.2 Å². The molecule has 16 atom stereocenters. The lowest BCUT2D eigenvalue weighted by Gasteiger charge is -2.38. The molecule has 33 nitrogen and oxygen atoms in total. The molecule has 480 valence electrons. The molecule has 0 radical (unpaired) electrons. The average molecular weight is 1220 g/mol. The van der Waals surface area contributed by atoms with Crippen LogP contribution in [0.5, 0.6) is 5.75 Å². The van der Waals surface area contributed by atoms with Crippen molar-refractivity contribution >= 4 is 59.1 Å². The van der Waals surface area contributed by atoms with Crippen molar-refractivity contribution in [2.75, 3.05) is 32.9 Å². The summed E-state index contributed by atoms with van der Waals surface area (Å²) < 4.78 is 11.5. The van der Waals surface area contributed by atoms with E-state index >= 15 is 0 Å². The van der Waals surface area contributed by atoms with Crippen LogP contribution in [0, 0.1) is 0 Å². The van der Waals surface area contributed by atoms with Crippen LogP contribution in [0.1, 0.15) is 108 Å². The molecule has 0 spiro atoms. The zero-order valence-corrected chi connectivity index (χ0v) is 47.1. The van der Waals surface area contributed by atoms with Crippen molar-refractivity contribution in [3.63, 3.8) is 0 Å². The Morgan fingerprint density at radius 2 is 1.29 bits per heavy atom. The molecule has 0 bridgehead atoms. The summed E-state index contributed by atoms with van der Waals surface area (Å²) in [6, 6.07) is -10.2. The highest BCUT2D eigenvalue weighted by atomic mass is 16.7. The summed E-state index contributed by atoms with van der Waals surface area (Å²) in [5, 5.41) is 123.